The number of β-amino-alcohol motifs (C(OH)–C–C–N with tert-alkyl or cyclic N) is 1. The van der Waals surface area contributed by atoms with Crippen LogP contribution >= 0.6 is 0 Å². The van der Waals surface area contributed by atoms with Crippen molar-refractivity contribution >= 4 is 17.6 Å². The van der Waals surface area contributed by atoms with E-state index in [0.717, 1.165) is 45.4 Å². The van der Waals surface area contributed by atoms with E-state index in [1.807, 2.05) is 4.90 Å². The minimum atomic E-state index is -0.637. The number of benzene rings is 1. The van der Waals surface area contributed by atoms with Gasteiger partial charge in [0.1, 0.15) is 5.82 Å². The monoisotopic (exact) mass is 493 g/mol. The van der Waals surface area contributed by atoms with Gasteiger partial charge in [-0.3, -0.25) is 14.5 Å². The Labute approximate surface area is 214 Å². The Balaban J connectivity index is 1.21. The van der Waals surface area contributed by atoms with E-state index in [1.165, 1.54) is 11.1 Å². The largest absolute Gasteiger partial charge is 0.390 e. The molecule has 1 aromatic heterocycles. The van der Waals surface area contributed by atoms with Crippen LogP contribution in [-0.2, 0) is 17.8 Å². The quantitative estimate of drug-likeness (QED) is 0.497. The lowest BCUT2D eigenvalue weighted by atomic mass is 10.00. The minimum Gasteiger partial charge on any atom is -0.390 e. The Morgan fingerprint density at radius 1 is 1.11 bits per heavy atom. The number of aromatic nitrogens is 1. The molecule has 1 fully saturated rings. The molecule has 0 saturated carbocycles. The smallest absolute Gasteiger partial charge is 0.251 e. The molecule has 2 aliphatic heterocycles. The summed E-state index contributed by atoms with van der Waals surface area (Å²) in [6.07, 6.45) is 4.28. The number of nitrogens with zero attached hydrogens (tertiary/aromatic N) is 3. The summed E-state index contributed by atoms with van der Waals surface area (Å²) in [5, 5.41) is 16.8. The summed E-state index contributed by atoms with van der Waals surface area (Å²) in [6, 6.07) is 12.1. The number of carbonyl (C=O) groups is 2. The second-order valence-electron chi connectivity index (χ2n) is 10.4. The van der Waals surface area contributed by atoms with Crippen molar-refractivity contribution in [3.05, 3.63) is 59.3 Å². The van der Waals surface area contributed by atoms with Gasteiger partial charge >= 0.3 is 0 Å². The van der Waals surface area contributed by atoms with Gasteiger partial charge in [-0.25, -0.2) is 4.98 Å². The van der Waals surface area contributed by atoms with Crippen LogP contribution in [0, 0.1) is 5.92 Å². The lowest BCUT2D eigenvalue weighted by molar-refractivity contribution is -0.132. The molecule has 1 unspecified atom stereocenters. The molecular weight excluding hydrogens is 454 g/mol. The third-order valence-electron chi connectivity index (χ3n) is 6.98. The molecular formula is C28H39N5O3. The van der Waals surface area contributed by atoms with E-state index >= 15 is 0 Å². The van der Waals surface area contributed by atoms with Crippen molar-refractivity contribution < 1.29 is 14.7 Å². The van der Waals surface area contributed by atoms with E-state index in [0.29, 0.717) is 30.3 Å². The molecule has 36 heavy (non-hydrogen) atoms. The first-order valence-electron chi connectivity index (χ1n) is 13.1. The van der Waals surface area contributed by atoms with Crippen molar-refractivity contribution in [2.75, 3.05) is 38.0 Å². The first kappa shape index (κ1) is 26.1. The fourth-order valence-corrected chi connectivity index (χ4v) is 5.00. The third-order valence-corrected chi connectivity index (χ3v) is 6.98. The molecule has 0 aliphatic carbocycles. The van der Waals surface area contributed by atoms with Gasteiger partial charge in [0.2, 0.25) is 5.91 Å². The number of piperidine rings is 1. The molecule has 0 bridgehead atoms. The number of aliphatic hydroxyl groups is 1. The summed E-state index contributed by atoms with van der Waals surface area (Å²) in [6.45, 7) is 8.07. The fourth-order valence-electron chi connectivity index (χ4n) is 5.00. The van der Waals surface area contributed by atoms with Gasteiger partial charge in [0.25, 0.3) is 5.91 Å². The Morgan fingerprint density at radius 3 is 2.61 bits per heavy atom. The lowest BCUT2D eigenvalue weighted by Crippen LogP contribution is -2.42. The van der Waals surface area contributed by atoms with Crippen LogP contribution in [0.1, 0.15) is 54.6 Å². The highest BCUT2D eigenvalue weighted by Crippen LogP contribution is 2.19. The number of carbonyl (C=O) groups excluding carboxylic acids is 2. The van der Waals surface area contributed by atoms with Crippen molar-refractivity contribution in [1.29, 1.82) is 0 Å². The zero-order chi connectivity index (χ0) is 25.5. The average molecular weight is 494 g/mol. The first-order valence-corrected chi connectivity index (χ1v) is 13.1. The summed E-state index contributed by atoms with van der Waals surface area (Å²) < 4.78 is 0. The Bertz CT molecular complexity index is 1040. The predicted octanol–water partition coefficient (Wildman–Crippen LogP) is 2.68. The molecule has 1 atom stereocenters. The molecule has 1 aromatic carbocycles. The van der Waals surface area contributed by atoms with Gasteiger partial charge in [-0.05, 0) is 48.4 Å². The highest BCUT2D eigenvalue weighted by molar-refractivity contribution is 5.94. The van der Waals surface area contributed by atoms with Gasteiger partial charge in [-0.15, -0.1) is 0 Å². The number of fused-ring (bicyclic) bond motifs is 1. The maximum Gasteiger partial charge on any atom is 0.251 e. The summed E-state index contributed by atoms with van der Waals surface area (Å²) in [5.41, 5.74) is 3.20. The topological polar surface area (TPSA) is 97.8 Å². The van der Waals surface area contributed by atoms with Gasteiger partial charge < -0.3 is 20.6 Å². The van der Waals surface area contributed by atoms with Crippen LogP contribution in [0.5, 0.6) is 0 Å². The Hall–Kier alpha value is -2.97. The van der Waals surface area contributed by atoms with Crippen molar-refractivity contribution in [2.24, 2.45) is 5.92 Å². The van der Waals surface area contributed by atoms with Gasteiger partial charge in [0, 0.05) is 63.5 Å². The minimum absolute atomic E-state index is 0.199. The first-order chi connectivity index (χ1) is 17.4. The number of pyridine rings is 1. The molecule has 2 aromatic rings. The van der Waals surface area contributed by atoms with Gasteiger partial charge in [-0.1, -0.05) is 38.1 Å². The van der Waals surface area contributed by atoms with Crippen LogP contribution in [0.25, 0.3) is 0 Å². The molecule has 4 rings (SSSR count). The molecule has 8 nitrogen and oxygen atoms in total. The standard InChI is InChI=1S/C28H39N5O3/c1-20(2)15-27(35)33-13-9-24(10-14-33)31-26-16-22(7-11-29-26)28(36)30-17-25(34)19-32-12-8-21-5-3-4-6-23(21)18-32/h3-7,11,16,20,24-25,34H,8-10,12-15,17-19H2,1-2H3,(H,29,31)(H,30,36). The number of amides is 2. The van der Waals surface area contributed by atoms with Crippen LogP contribution in [-0.4, -0.2) is 76.6 Å². The molecule has 3 heterocycles. The van der Waals surface area contributed by atoms with Crippen molar-refractivity contribution in [3.63, 3.8) is 0 Å². The maximum absolute atomic E-state index is 12.7. The van der Waals surface area contributed by atoms with E-state index in [-0.39, 0.29) is 24.4 Å². The number of nitrogens with one attached hydrogen (secondary N) is 2. The van der Waals surface area contributed by atoms with E-state index < -0.39 is 6.10 Å². The molecule has 3 N–H and O–H groups in total. The SMILES string of the molecule is CC(C)CC(=O)N1CCC(Nc2cc(C(=O)NCC(O)CN3CCc4ccccc4C3)ccn2)CC1. The summed E-state index contributed by atoms with van der Waals surface area (Å²) in [5.74, 6) is 1.03. The molecule has 1 saturated heterocycles. The van der Waals surface area contributed by atoms with Crippen LogP contribution < -0.4 is 10.6 Å². The number of likely N-dealkylation sites (tertiary alicyclic amines) is 1. The third kappa shape index (κ3) is 7.27. The Kier molecular flexibility index (Phi) is 8.93. The number of hydrogen-bond donors (Lipinski definition) is 3. The summed E-state index contributed by atoms with van der Waals surface area (Å²) >= 11 is 0. The normalized spacial score (nSPS) is 17.5. The van der Waals surface area contributed by atoms with E-state index in [9.17, 15) is 14.7 Å². The summed E-state index contributed by atoms with van der Waals surface area (Å²) in [4.78, 5) is 33.6. The average Bonchev–Trinajstić information content (AvgIpc) is 2.87. The predicted molar refractivity (Wildman–Crippen MR) is 141 cm³/mol. The zero-order valence-corrected chi connectivity index (χ0v) is 21.4. The lowest BCUT2D eigenvalue weighted by Gasteiger charge is -2.33. The van der Waals surface area contributed by atoms with Gasteiger partial charge in [0.15, 0.2) is 0 Å². The van der Waals surface area contributed by atoms with Gasteiger partial charge in [-0.2, -0.15) is 0 Å². The highest BCUT2D eigenvalue weighted by atomic mass is 16.3. The van der Waals surface area contributed by atoms with Crippen LogP contribution in [0.15, 0.2) is 42.6 Å². The zero-order valence-electron chi connectivity index (χ0n) is 21.4. The van der Waals surface area contributed by atoms with Crippen molar-refractivity contribution in [3.8, 4) is 0 Å². The van der Waals surface area contributed by atoms with Crippen LogP contribution in [0.4, 0.5) is 5.82 Å². The molecule has 0 spiro atoms. The second-order valence-corrected chi connectivity index (χ2v) is 10.4. The number of hydrogen-bond acceptors (Lipinski definition) is 6. The van der Waals surface area contributed by atoms with Crippen molar-refractivity contribution in [2.45, 2.75) is 58.2 Å². The van der Waals surface area contributed by atoms with Crippen LogP contribution in [0.3, 0.4) is 0 Å². The number of rotatable bonds is 9. The Morgan fingerprint density at radius 2 is 1.86 bits per heavy atom. The van der Waals surface area contributed by atoms with E-state index in [4.69, 9.17) is 0 Å². The number of anilines is 1. The highest BCUT2D eigenvalue weighted by Gasteiger charge is 2.24. The fraction of sp³-hybridized carbons (Fsp3) is 0.536. The molecule has 2 amide bonds. The van der Waals surface area contributed by atoms with E-state index in [1.54, 1.807) is 18.3 Å². The van der Waals surface area contributed by atoms with Crippen LogP contribution in [0.2, 0.25) is 0 Å². The molecule has 0 radical (unpaired) electrons. The molecule has 194 valence electrons. The molecule has 8 heteroatoms. The number of aliphatic hydroxyl groups excluding tert-OH is 1. The van der Waals surface area contributed by atoms with Crippen molar-refractivity contribution in [1.82, 2.24) is 20.1 Å². The maximum atomic E-state index is 12.7. The van der Waals surface area contributed by atoms with E-state index in [2.05, 4.69) is 58.6 Å². The van der Waals surface area contributed by atoms with Gasteiger partial charge in [0.05, 0.1) is 6.10 Å². The molecule has 2 aliphatic rings. The summed E-state index contributed by atoms with van der Waals surface area (Å²) in [7, 11) is 0. The second kappa shape index (κ2) is 12.3.